The molecule has 3 saturated heterocycles. The van der Waals surface area contributed by atoms with Crippen LogP contribution in [0.5, 0.6) is 0 Å². The Hall–Kier alpha value is -0.520. The Morgan fingerprint density at radius 2 is 0.839 bits per heavy atom. The Morgan fingerprint density at radius 3 is 1.29 bits per heavy atom. The van der Waals surface area contributed by atoms with Gasteiger partial charge in [-0.2, -0.15) is 0 Å². The maximum Gasteiger partial charge on any atom is 0.187 e. The van der Waals surface area contributed by atoms with E-state index in [2.05, 4.69) is 0 Å². The Bertz CT molecular complexity index is 595. The molecule has 1 unspecified atom stereocenters. The molecule has 3 aliphatic heterocycles. The van der Waals surface area contributed by atoms with Crippen molar-refractivity contribution in [3.05, 3.63) is 0 Å². The van der Waals surface area contributed by atoms with Gasteiger partial charge >= 0.3 is 0 Å². The maximum absolute atomic E-state index is 10.6. The highest BCUT2D eigenvalue weighted by molar-refractivity contribution is 4.94. The first-order valence-electron chi connectivity index (χ1n) is 10.2. The van der Waals surface area contributed by atoms with Crippen molar-refractivity contribution in [3.63, 3.8) is 0 Å². The fourth-order valence-electron chi connectivity index (χ4n) is 3.87. The fraction of sp³-hybridized carbons (Fsp3) is 1.00. The predicted molar refractivity (Wildman–Crippen MR) is 97.0 cm³/mol. The van der Waals surface area contributed by atoms with Gasteiger partial charge in [0.2, 0.25) is 0 Å². The van der Waals surface area contributed by atoms with Gasteiger partial charge in [0.15, 0.2) is 18.9 Å². The molecule has 13 nitrogen and oxygen atoms in total. The molecule has 0 aliphatic carbocycles. The Labute approximate surface area is 178 Å². The summed E-state index contributed by atoms with van der Waals surface area (Å²) in [7, 11) is 0. The second-order valence-corrected chi connectivity index (χ2v) is 8.29. The smallest absolute Gasteiger partial charge is 0.187 e. The summed E-state index contributed by atoms with van der Waals surface area (Å²) in [5, 5.41) is 81.0. The zero-order valence-electron chi connectivity index (χ0n) is 17.3. The van der Waals surface area contributed by atoms with Gasteiger partial charge in [-0.3, -0.25) is 0 Å². The van der Waals surface area contributed by atoms with Gasteiger partial charge in [0.1, 0.15) is 54.9 Å². The zero-order chi connectivity index (χ0) is 23.2. The third-order valence-corrected chi connectivity index (χ3v) is 5.98. The lowest BCUT2D eigenvalue weighted by Crippen LogP contribution is -2.65. The Balaban J connectivity index is 1.78. The van der Waals surface area contributed by atoms with Gasteiger partial charge in [-0.05, 0) is 20.8 Å². The predicted octanol–water partition coefficient (Wildman–Crippen LogP) is -4.49. The number of aliphatic hydroxyl groups excluding tert-OH is 8. The summed E-state index contributed by atoms with van der Waals surface area (Å²) in [6, 6.07) is 0. The molecule has 0 bridgehead atoms. The summed E-state index contributed by atoms with van der Waals surface area (Å²) in [5.41, 5.74) is 0. The molecule has 3 rings (SSSR count). The standard InChI is InChI=1S/C18H32O13/c1-4-7(19)10(22)12(24)17(28-4)30-14-9(21)6(3)27-16(26)15(14)31-18-13(25)11(23)8(20)5(2)29-18/h4-26H,1-3H3/t4-,5-,6-,7-,8+,9-,10+,11+,12+,13-,14+,15+,16?,17-,18+/m0/s1. The van der Waals surface area contributed by atoms with E-state index in [9.17, 15) is 40.9 Å². The summed E-state index contributed by atoms with van der Waals surface area (Å²) in [5.74, 6) is 0. The van der Waals surface area contributed by atoms with Crippen LogP contribution in [0.1, 0.15) is 20.8 Å². The van der Waals surface area contributed by atoms with Gasteiger partial charge in [0.25, 0.3) is 0 Å². The second-order valence-electron chi connectivity index (χ2n) is 8.29. The minimum Gasteiger partial charge on any atom is -0.388 e. The van der Waals surface area contributed by atoms with Crippen molar-refractivity contribution >= 4 is 0 Å². The molecule has 0 aromatic heterocycles. The van der Waals surface area contributed by atoms with E-state index in [1.54, 1.807) is 0 Å². The molecule has 0 aromatic rings. The highest BCUT2D eigenvalue weighted by Gasteiger charge is 2.52. The SMILES string of the molecule is C[C@@H]1O[C@@H](O[C@@H]2[C@@H](O)[C@H](C)OC(O)[C@@H]2O[C@H]2O[C@@H](C)[C@@H](O)[C@@H](O)[C@@H]2O)[C@H](O)[C@H](O)[C@H]1O. The first kappa shape index (κ1) is 25.1. The highest BCUT2D eigenvalue weighted by Crippen LogP contribution is 2.32. The van der Waals surface area contributed by atoms with Gasteiger partial charge < -0.3 is 64.5 Å². The molecule has 3 aliphatic rings. The molecule has 3 heterocycles. The van der Waals surface area contributed by atoms with E-state index in [1.165, 1.54) is 20.8 Å². The minimum atomic E-state index is -1.69. The molecule has 182 valence electrons. The van der Waals surface area contributed by atoms with Crippen LogP contribution in [-0.4, -0.2) is 133 Å². The van der Waals surface area contributed by atoms with Crippen molar-refractivity contribution in [3.8, 4) is 0 Å². The van der Waals surface area contributed by atoms with E-state index in [0.29, 0.717) is 0 Å². The number of rotatable bonds is 4. The zero-order valence-corrected chi connectivity index (χ0v) is 17.3. The lowest BCUT2D eigenvalue weighted by molar-refractivity contribution is -0.382. The van der Waals surface area contributed by atoms with Crippen molar-refractivity contribution < 1.29 is 64.5 Å². The summed E-state index contributed by atoms with van der Waals surface area (Å²) >= 11 is 0. The average Bonchev–Trinajstić information content (AvgIpc) is 2.72. The number of hydrogen-bond acceptors (Lipinski definition) is 13. The van der Waals surface area contributed by atoms with Gasteiger partial charge in [-0.25, -0.2) is 0 Å². The third-order valence-electron chi connectivity index (χ3n) is 5.98. The molecule has 8 N–H and O–H groups in total. The van der Waals surface area contributed by atoms with Gasteiger partial charge in [0.05, 0.1) is 18.3 Å². The van der Waals surface area contributed by atoms with Crippen LogP contribution in [0, 0.1) is 0 Å². The summed E-state index contributed by atoms with van der Waals surface area (Å²) in [6.07, 6.45) is -21.1. The van der Waals surface area contributed by atoms with Crippen molar-refractivity contribution in [2.75, 3.05) is 0 Å². The van der Waals surface area contributed by atoms with Crippen molar-refractivity contribution in [2.24, 2.45) is 0 Å². The fourth-order valence-corrected chi connectivity index (χ4v) is 3.87. The third kappa shape index (κ3) is 4.89. The molecular weight excluding hydrogens is 424 g/mol. The molecule has 31 heavy (non-hydrogen) atoms. The monoisotopic (exact) mass is 456 g/mol. The summed E-state index contributed by atoms with van der Waals surface area (Å²) < 4.78 is 27.2. The van der Waals surface area contributed by atoms with E-state index >= 15 is 0 Å². The summed E-state index contributed by atoms with van der Waals surface area (Å²) in [4.78, 5) is 0. The highest BCUT2D eigenvalue weighted by atomic mass is 16.8. The molecule has 3 fully saturated rings. The second kappa shape index (κ2) is 9.77. The largest absolute Gasteiger partial charge is 0.388 e. The molecule has 0 radical (unpaired) electrons. The molecule has 0 amide bonds. The molecule has 15 atom stereocenters. The van der Waals surface area contributed by atoms with Crippen LogP contribution in [-0.2, 0) is 23.7 Å². The molecular formula is C18H32O13. The Morgan fingerprint density at radius 1 is 0.452 bits per heavy atom. The van der Waals surface area contributed by atoms with Crippen LogP contribution in [0.3, 0.4) is 0 Å². The van der Waals surface area contributed by atoms with Crippen molar-refractivity contribution in [2.45, 2.75) is 113 Å². The topological polar surface area (TPSA) is 208 Å². The van der Waals surface area contributed by atoms with Gasteiger partial charge in [-0.15, -0.1) is 0 Å². The normalized spacial score (nSPS) is 56.4. The summed E-state index contributed by atoms with van der Waals surface area (Å²) in [6.45, 7) is 4.34. The minimum absolute atomic E-state index is 0.914. The van der Waals surface area contributed by atoms with Gasteiger partial charge in [-0.1, -0.05) is 0 Å². The van der Waals surface area contributed by atoms with Gasteiger partial charge in [0, 0.05) is 0 Å². The van der Waals surface area contributed by atoms with Crippen LogP contribution in [0.15, 0.2) is 0 Å². The van der Waals surface area contributed by atoms with Crippen molar-refractivity contribution in [1.82, 2.24) is 0 Å². The van der Waals surface area contributed by atoms with Crippen LogP contribution < -0.4 is 0 Å². The van der Waals surface area contributed by atoms with E-state index < -0.39 is 92.1 Å². The lowest BCUT2D eigenvalue weighted by atomic mass is 9.97. The number of ether oxygens (including phenoxy) is 5. The van der Waals surface area contributed by atoms with E-state index in [-0.39, 0.29) is 0 Å². The first-order chi connectivity index (χ1) is 14.4. The van der Waals surface area contributed by atoms with Crippen LogP contribution in [0.4, 0.5) is 0 Å². The molecule has 0 saturated carbocycles. The quantitative estimate of drug-likeness (QED) is 0.201. The molecule has 0 aromatic carbocycles. The van der Waals surface area contributed by atoms with Crippen LogP contribution >= 0.6 is 0 Å². The lowest BCUT2D eigenvalue weighted by Gasteiger charge is -2.47. The van der Waals surface area contributed by atoms with E-state index in [4.69, 9.17) is 23.7 Å². The van der Waals surface area contributed by atoms with E-state index in [1.807, 2.05) is 0 Å². The Kier molecular flexibility index (Phi) is 7.91. The van der Waals surface area contributed by atoms with Crippen LogP contribution in [0.2, 0.25) is 0 Å². The van der Waals surface area contributed by atoms with Crippen molar-refractivity contribution in [1.29, 1.82) is 0 Å². The number of aliphatic hydroxyl groups is 8. The first-order valence-corrected chi connectivity index (χ1v) is 10.2. The maximum atomic E-state index is 10.6. The average molecular weight is 456 g/mol. The van der Waals surface area contributed by atoms with E-state index in [0.717, 1.165) is 0 Å². The van der Waals surface area contributed by atoms with Crippen LogP contribution in [0.25, 0.3) is 0 Å². The number of hydrogen-bond donors (Lipinski definition) is 8. The molecule has 13 heteroatoms. The molecule has 0 spiro atoms.